The number of thiophene rings is 1. The number of fused-ring (bicyclic) bond motifs is 3. The number of methoxy groups -OCH3 is 1. The summed E-state index contributed by atoms with van der Waals surface area (Å²) in [6.45, 7) is 6.49. The van der Waals surface area contributed by atoms with Crippen LogP contribution in [-0.4, -0.2) is 34.2 Å². The van der Waals surface area contributed by atoms with Crippen LogP contribution < -0.4 is 0 Å². The van der Waals surface area contributed by atoms with Crippen LogP contribution in [0.15, 0.2) is 29.3 Å². The van der Waals surface area contributed by atoms with Crippen LogP contribution in [0.25, 0.3) is 5.00 Å². The third-order valence-electron chi connectivity index (χ3n) is 4.65. The summed E-state index contributed by atoms with van der Waals surface area (Å²) < 4.78 is 7.18. The van der Waals surface area contributed by atoms with Gasteiger partial charge in [-0.15, -0.1) is 21.5 Å². The Hall–Kier alpha value is -2.46. The molecule has 0 bridgehead atoms. The number of aryl methyl sites for hydroxylation is 1. The van der Waals surface area contributed by atoms with Gasteiger partial charge in [-0.3, -0.25) is 9.56 Å². The normalized spacial score (nSPS) is 15.2. The van der Waals surface area contributed by atoms with Crippen LogP contribution in [0.5, 0.6) is 0 Å². The molecule has 0 unspecified atom stereocenters. The summed E-state index contributed by atoms with van der Waals surface area (Å²) in [5.74, 6) is 7.97. The fourth-order valence-corrected chi connectivity index (χ4v) is 4.65. The number of benzene rings is 1. The molecular formula is C21H19ClN4OS. The van der Waals surface area contributed by atoms with Gasteiger partial charge in [-0.25, -0.2) is 0 Å². The van der Waals surface area contributed by atoms with Crippen LogP contribution in [0.3, 0.4) is 0 Å². The topological polar surface area (TPSA) is 52.3 Å². The molecule has 7 heteroatoms. The molecule has 0 N–H and O–H groups in total. The Kier molecular flexibility index (Phi) is 5.07. The number of nitrogens with zero attached hydrogens (tertiary/aromatic N) is 4. The largest absolute Gasteiger partial charge is 0.372 e. The first-order valence-corrected chi connectivity index (χ1v) is 10.1. The molecule has 3 aromatic rings. The predicted octanol–water partition coefficient (Wildman–Crippen LogP) is 4.51. The summed E-state index contributed by atoms with van der Waals surface area (Å²) in [5, 5.41) is 10.4. The molecule has 0 spiro atoms. The molecule has 0 radical (unpaired) electrons. The van der Waals surface area contributed by atoms with E-state index < -0.39 is 0 Å². The number of ether oxygens (including phenoxy) is 1. The van der Waals surface area contributed by atoms with Crippen molar-refractivity contribution in [3.05, 3.63) is 62.5 Å². The third-order valence-corrected chi connectivity index (χ3v) is 6.09. The number of hydrogen-bond donors (Lipinski definition) is 0. The van der Waals surface area contributed by atoms with Crippen molar-refractivity contribution in [1.29, 1.82) is 0 Å². The molecule has 0 aliphatic carbocycles. The van der Waals surface area contributed by atoms with E-state index in [0.717, 1.165) is 43.9 Å². The quantitative estimate of drug-likeness (QED) is 0.584. The lowest BCUT2D eigenvalue weighted by Crippen LogP contribution is -2.07. The summed E-state index contributed by atoms with van der Waals surface area (Å²) >= 11 is 7.74. The Labute approximate surface area is 173 Å². The lowest BCUT2D eigenvalue weighted by atomic mass is 9.99. The number of aromatic nitrogens is 3. The van der Waals surface area contributed by atoms with E-state index in [1.165, 1.54) is 0 Å². The van der Waals surface area contributed by atoms with Crippen molar-refractivity contribution in [2.45, 2.75) is 26.8 Å². The van der Waals surface area contributed by atoms with Gasteiger partial charge in [0.25, 0.3) is 0 Å². The van der Waals surface area contributed by atoms with Gasteiger partial charge in [-0.2, -0.15) is 0 Å². The van der Waals surface area contributed by atoms with E-state index in [4.69, 9.17) is 21.3 Å². The molecule has 142 valence electrons. The van der Waals surface area contributed by atoms with E-state index in [0.29, 0.717) is 11.6 Å². The summed E-state index contributed by atoms with van der Waals surface area (Å²) in [5.41, 5.74) is 4.12. The first-order valence-electron chi connectivity index (χ1n) is 8.88. The van der Waals surface area contributed by atoms with Crippen molar-refractivity contribution in [3.8, 4) is 16.8 Å². The minimum absolute atomic E-state index is 0.117. The summed E-state index contributed by atoms with van der Waals surface area (Å²) in [4.78, 5) is 6.02. The van der Waals surface area contributed by atoms with Crippen molar-refractivity contribution >= 4 is 28.6 Å². The van der Waals surface area contributed by atoms with Gasteiger partial charge >= 0.3 is 0 Å². The number of halogens is 1. The van der Waals surface area contributed by atoms with Gasteiger partial charge in [-0.05, 0) is 38.5 Å². The zero-order valence-corrected chi connectivity index (χ0v) is 17.6. The maximum absolute atomic E-state index is 6.10. The number of rotatable bonds is 2. The average molecular weight is 411 g/mol. The highest BCUT2D eigenvalue weighted by Crippen LogP contribution is 2.38. The zero-order valence-electron chi connectivity index (χ0n) is 16.1. The van der Waals surface area contributed by atoms with E-state index in [-0.39, 0.29) is 6.04 Å². The molecule has 0 saturated heterocycles. The highest BCUT2D eigenvalue weighted by atomic mass is 35.5. The van der Waals surface area contributed by atoms with Crippen molar-refractivity contribution in [2.75, 3.05) is 13.7 Å². The number of hydrogen-bond acceptors (Lipinski definition) is 5. The van der Waals surface area contributed by atoms with Gasteiger partial charge in [0, 0.05) is 23.3 Å². The first kappa shape index (κ1) is 18.9. The summed E-state index contributed by atoms with van der Waals surface area (Å²) in [6, 6.07) is 7.67. The Bertz CT molecular complexity index is 1130. The van der Waals surface area contributed by atoms with Crippen molar-refractivity contribution < 1.29 is 4.74 Å². The van der Waals surface area contributed by atoms with E-state index in [2.05, 4.69) is 33.5 Å². The highest BCUT2D eigenvalue weighted by molar-refractivity contribution is 7.15. The Morgan fingerprint density at radius 3 is 2.68 bits per heavy atom. The average Bonchev–Trinajstić information content (AvgIpc) is 3.17. The van der Waals surface area contributed by atoms with Gasteiger partial charge < -0.3 is 4.74 Å². The molecule has 2 aromatic heterocycles. The maximum atomic E-state index is 6.10. The van der Waals surface area contributed by atoms with Crippen LogP contribution in [0, 0.1) is 25.7 Å². The second kappa shape index (κ2) is 7.51. The first-order chi connectivity index (χ1) is 13.5. The molecule has 0 amide bonds. The van der Waals surface area contributed by atoms with Gasteiger partial charge in [0.1, 0.15) is 23.5 Å². The molecule has 5 nitrogen and oxygen atoms in total. The lowest BCUT2D eigenvalue weighted by molar-refractivity contribution is 0.240. The fourth-order valence-electron chi connectivity index (χ4n) is 3.29. The van der Waals surface area contributed by atoms with Crippen LogP contribution in [0.4, 0.5) is 0 Å². The second-order valence-electron chi connectivity index (χ2n) is 6.57. The van der Waals surface area contributed by atoms with Gasteiger partial charge in [0.2, 0.25) is 0 Å². The van der Waals surface area contributed by atoms with Crippen LogP contribution in [-0.2, 0) is 4.74 Å². The van der Waals surface area contributed by atoms with Crippen LogP contribution in [0.1, 0.15) is 46.2 Å². The Balaban J connectivity index is 1.99. The van der Waals surface area contributed by atoms with E-state index in [1.54, 1.807) is 18.4 Å². The molecule has 1 aromatic carbocycles. The Morgan fingerprint density at radius 2 is 1.96 bits per heavy atom. The molecule has 0 fully saturated rings. The molecule has 1 atom stereocenters. The highest BCUT2D eigenvalue weighted by Gasteiger charge is 2.29. The summed E-state index contributed by atoms with van der Waals surface area (Å²) in [6.07, 6.45) is 0. The van der Waals surface area contributed by atoms with E-state index in [1.807, 2.05) is 38.1 Å². The monoisotopic (exact) mass is 410 g/mol. The predicted molar refractivity (Wildman–Crippen MR) is 113 cm³/mol. The van der Waals surface area contributed by atoms with Gasteiger partial charge in [0.05, 0.1) is 10.6 Å². The molecule has 4 rings (SSSR count). The fraction of sp³-hybridized carbons (Fsp3) is 0.286. The smallest absolute Gasteiger partial charge is 0.162 e. The summed E-state index contributed by atoms with van der Waals surface area (Å²) in [7, 11) is 1.64. The van der Waals surface area contributed by atoms with E-state index in [9.17, 15) is 0 Å². The molecule has 3 heterocycles. The minimum atomic E-state index is -0.117. The molecule has 1 aliphatic rings. The van der Waals surface area contributed by atoms with Gasteiger partial charge in [0.15, 0.2) is 5.82 Å². The number of aliphatic imine (C=N–C) groups is 1. The molecule has 1 aliphatic heterocycles. The minimum Gasteiger partial charge on any atom is -0.372 e. The van der Waals surface area contributed by atoms with Crippen molar-refractivity contribution in [3.63, 3.8) is 0 Å². The molecule has 28 heavy (non-hydrogen) atoms. The maximum Gasteiger partial charge on any atom is 0.162 e. The van der Waals surface area contributed by atoms with Gasteiger partial charge in [-0.1, -0.05) is 35.6 Å². The SMILES string of the molecule is COCC#Cc1sc2c(c1C)C(c1ccc(Cl)cc1)=N[C@@H](C)c1nnc(C)n1-2. The molecular weight excluding hydrogens is 392 g/mol. The Morgan fingerprint density at radius 1 is 1.21 bits per heavy atom. The lowest BCUT2D eigenvalue weighted by Gasteiger charge is -2.09. The second-order valence-corrected chi connectivity index (χ2v) is 8.01. The third kappa shape index (κ3) is 3.16. The van der Waals surface area contributed by atoms with Crippen molar-refractivity contribution in [2.24, 2.45) is 4.99 Å². The van der Waals surface area contributed by atoms with Crippen molar-refractivity contribution in [1.82, 2.24) is 14.8 Å². The van der Waals surface area contributed by atoms with Crippen LogP contribution >= 0.6 is 22.9 Å². The standard InChI is InChI=1S/C21H19ClN4OS/c1-12-17(6-5-11-27-4)28-21-18(12)19(15-7-9-16(22)10-8-15)23-13(2)20-25-24-14(3)26(20)21/h7-10,13H,11H2,1-4H3/t13-/m0/s1. The van der Waals surface area contributed by atoms with E-state index >= 15 is 0 Å². The molecule has 0 saturated carbocycles. The zero-order chi connectivity index (χ0) is 19.8. The van der Waals surface area contributed by atoms with Crippen LogP contribution in [0.2, 0.25) is 5.02 Å².